The summed E-state index contributed by atoms with van der Waals surface area (Å²) in [6.07, 6.45) is 34.9. The molecule has 0 aliphatic rings. The minimum absolute atomic E-state index is 0.0391. The fraction of sp³-hybridized carbons (Fsp3) is 0.757. The first-order valence-corrected chi connectivity index (χ1v) is 19.8. The van der Waals surface area contributed by atoms with Gasteiger partial charge < -0.3 is 26.2 Å². The molecule has 0 aromatic carbocycles. The Labute approximate surface area is 286 Å². The number of aliphatic hydroxyl groups excluding tert-OH is 2. The molecule has 9 nitrogen and oxygen atoms in total. The molecular formula is C37H69N2O7P. The molecule has 4 atom stereocenters. The van der Waals surface area contributed by atoms with Crippen molar-refractivity contribution in [2.75, 3.05) is 19.8 Å². The highest BCUT2D eigenvalue weighted by Crippen LogP contribution is 2.43. The number of phosphoric acid groups is 1. The van der Waals surface area contributed by atoms with Gasteiger partial charge in [0.15, 0.2) is 0 Å². The van der Waals surface area contributed by atoms with Gasteiger partial charge in [0.1, 0.15) is 0 Å². The zero-order chi connectivity index (χ0) is 34.9. The number of nitrogens with two attached hydrogens (primary N) is 1. The lowest BCUT2D eigenvalue weighted by atomic mass is 10.1. The van der Waals surface area contributed by atoms with Crippen molar-refractivity contribution in [2.45, 2.75) is 161 Å². The Kier molecular flexibility index (Phi) is 31.8. The van der Waals surface area contributed by atoms with E-state index >= 15 is 0 Å². The SMILES string of the molecule is CCCCC/C=C\CCCCCC(O)CC(=O)NC(COP(=O)(O)OCCN)C(O)/C=C/CC/C=C/CC/C=C/CCCCCCC. The summed E-state index contributed by atoms with van der Waals surface area (Å²) >= 11 is 0. The van der Waals surface area contributed by atoms with Crippen LogP contribution in [-0.2, 0) is 18.4 Å². The van der Waals surface area contributed by atoms with E-state index in [4.69, 9.17) is 14.8 Å². The second-order valence-electron chi connectivity index (χ2n) is 12.2. The number of amides is 1. The van der Waals surface area contributed by atoms with Gasteiger partial charge in [0.25, 0.3) is 0 Å². The molecule has 0 aromatic heterocycles. The summed E-state index contributed by atoms with van der Waals surface area (Å²) in [5.41, 5.74) is 5.33. The van der Waals surface area contributed by atoms with E-state index in [0.717, 1.165) is 57.8 Å². The number of hydrogen-bond donors (Lipinski definition) is 5. The maximum atomic E-state index is 12.7. The van der Waals surface area contributed by atoms with Crippen LogP contribution in [0.15, 0.2) is 48.6 Å². The lowest BCUT2D eigenvalue weighted by Crippen LogP contribution is -2.46. The number of nitrogens with one attached hydrogen (secondary N) is 1. The minimum atomic E-state index is -4.41. The highest BCUT2D eigenvalue weighted by Gasteiger charge is 2.27. The first kappa shape index (κ1) is 45.4. The van der Waals surface area contributed by atoms with E-state index in [1.165, 1.54) is 51.4 Å². The van der Waals surface area contributed by atoms with Crippen molar-refractivity contribution in [3.05, 3.63) is 48.6 Å². The van der Waals surface area contributed by atoms with Crippen molar-refractivity contribution in [3.63, 3.8) is 0 Å². The zero-order valence-corrected chi connectivity index (χ0v) is 30.5. The number of phosphoric ester groups is 1. The first-order chi connectivity index (χ1) is 22.8. The molecule has 0 heterocycles. The zero-order valence-electron chi connectivity index (χ0n) is 29.6. The molecule has 6 N–H and O–H groups in total. The smallest absolute Gasteiger partial charge is 0.393 e. The molecule has 0 saturated carbocycles. The summed E-state index contributed by atoms with van der Waals surface area (Å²) < 4.78 is 21.9. The van der Waals surface area contributed by atoms with Gasteiger partial charge in [-0.25, -0.2) is 4.57 Å². The fourth-order valence-corrected chi connectivity index (χ4v) is 5.61. The van der Waals surface area contributed by atoms with E-state index in [9.17, 15) is 24.5 Å². The van der Waals surface area contributed by atoms with Gasteiger partial charge in [-0.3, -0.25) is 13.8 Å². The van der Waals surface area contributed by atoms with E-state index in [1.54, 1.807) is 6.08 Å². The topological polar surface area (TPSA) is 151 Å². The van der Waals surface area contributed by atoms with Crippen LogP contribution in [0.2, 0.25) is 0 Å². The molecule has 4 unspecified atom stereocenters. The van der Waals surface area contributed by atoms with Gasteiger partial charge in [0, 0.05) is 6.54 Å². The van der Waals surface area contributed by atoms with Crippen LogP contribution >= 0.6 is 7.82 Å². The van der Waals surface area contributed by atoms with Crippen LogP contribution < -0.4 is 11.1 Å². The predicted molar refractivity (Wildman–Crippen MR) is 195 cm³/mol. The molecule has 0 aromatic rings. The Balaban J connectivity index is 4.59. The number of carbonyl (C=O) groups is 1. The Morgan fingerprint density at radius 1 is 0.723 bits per heavy atom. The second kappa shape index (κ2) is 32.9. The van der Waals surface area contributed by atoms with E-state index in [2.05, 4.69) is 55.6 Å². The molecule has 0 aliphatic carbocycles. The third-order valence-corrected chi connectivity index (χ3v) is 8.64. The van der Waals surface area contributed by atoms with Crippen LogP contribution in [0.25, 0.3) is 0 Å². The van der Waals surface area contributed by atoms with Gasteiger partial charge in [-0.2, -0.15) is 0 Å². The second-order valence-corrected chi connectivity index (χ2v) is 13.7. The number of allylic oxidation sites excluding steroid dienone is 7. The Hall–Kier alpha value is -1.58. The van der Waals surface area contributed by atoms with Gasteiger partial charge in [-0.15, -0.1) is 0 Å². The molecule has 0 radical (unpaired) electrons. The van der Waals surface area contributed by atoms with Crippen LogP contribution in [0.3, 0.4) is 0 Å². The molecule has 47 heavy (non-hydrogen) atoms. The standard InChI is InChI=1S/C37H69N2O7P/c1-3-5-7-9-11-13-15-16-17-18-19-21-23-25-27-29-36(41)35(33-46-47(43,44)45-31-30-38)39-37(42)32-34(40)28-26-24-22-20-14-12-10-8-6-4-2/h12,14-16,19,21,27,29,34-36,40-41H,3-11,13,17-18,20,22-26,28,30-33,38H2,1-2H3,(H,39,42)(H,43,44)/b14-12-,16-15+,21-19+,29-27+. The van der Waals surface area contributed by atoms with Gasteiger partial charge in [0.2, 0.25) is 5.91 Å². The van der Waals surface area contributed by atoms with Crippen LogP contribution in [0, 0.1) is 0 Å². The summed E-state index contributed by atoms with van der Waals surface area (Å²) in [5, 5.41) is 23.8. The van der Waals surface area contributed by atoms with E-state index in [0.29, 0.717) is 12.8 Å². The highest BCUT2D eigenvalue weighted by atomic mass is 31.2. The monoisotopic (exact) mass is 684 g/mol. The van der Waals surface area contributed by atoms with Crippen molar-refractivity contribution in [3.8, 4) is 0 Å². The maximum Gasteiger partial charge on any atom is 0.472 e. The largest absolute Gasteiger partial charge is 0.472 e. The van der Waals surface area contributed by atoms with Gasteiger partial charge in [-0.1, -0.05) is 114 Å². The molecule has 0 aliphatic heterocycles. The third kappa shape index (κ3) is 31.4. The quantitative estimate of drug-likeness (QED) is 0.0263. The van der Waals surface area contributed by atoms with Crippen molar-refractivity contribution in [1.82, 2.24) is 5.32 Å². The predicted octanol–water partition coefficient (Wildman–Crippen LogP) is 8.35. The van der Waals surface area contributed by atoms with Crippen molar-refractivity contribution in [2.24, 2.45) is 5.73 Å². The van der Waals surface area contributed by atoms with Gasteiger partial charge in [-0.05, 0) is 70.6 Å². The van der Waals surface area contributed by atoms with E-state index < -0.39 is 38.6 Å². The normalized spacial score (nSPS) is 15.6. The fourth-order valence-electron chi connectivity index (χ4n) is 4.85. The summed E-state index contributed by atoms with van der Waals surface area (Å²) in [7, 11) is -4.41. The number of hydrogen-bond acceptors (Lipinski definition) is 7. The average molecular weight is 685 g/mol. The molecule has 0 bridgehead atoms. The molecular weight excluding hydrogens is 615 g/mol. The average Bonchev–Trinajstić information content (AvgIpc) is 3.04. The Bertz CT molecular complexity index is 894. The number of carbonyl (C=O) groups excluding carboxylic acids is 1. The molecule has 274 valence electrons. The van der Waals surface area contributed by atoms with Crippen LogP contribution in [0.1, 0.15) is 142 Å². The Morgan fingerprint density at radius 2 is 1.21 bits per heavy atom. The van der Waals surface area contributed by atoms with E-state index in [-0.39, 0.29) is 19.6 Å². The van der Waals surface area contributed by atoms with E-state index in [1.807, 2.05) is 6.08 Å². The molecule has 10 heteroatoms. The van der Waals surface area contributed by atoms with Crippen LogP contribution in [0.4, 0.5) is 0 Å². The van der Waals surface area contributed by atoms with Gasteiger partial charge in [0.05, 0.1) is 37.9 Å². The van der Waals surface area contributed by atoms with Gasteiger partial charge >= 0.3 is 7.82 Å². The summed E-state index contributed by atoms with van der Waals surface area (Å²) in [5.74, 6) is -0.474. The molecule has 0 spiro atoms. The highest BCUT2D eigenvalue weighted by molar-refractivity contribution is 7.47. The molecule has 0 fully saturated rings. The number of unbranched alkanes of at least 4 members (excludes halogenated alkanes) is 13. The van der Waals surface area contributed by atoms with Crippen LogP contribution in [-0.4, -0.2) is 59.0 Å². The number of rotatable bonds is 33. The van der Waals surface area contributed by atoms with Crippen molar-refractivity contribution < 1.29 is 33.5 Å². The lowest BCUT2D eigenvalue weighted by molar-refractivity contribution is -0.124. The third-order valence-electron chi connectivity index (χ3n) is 7.66. The lowest BCUT2D eigenvalue weighted by Gasteiger charge is -2.24. The minimum Gasteiger partial charge on any atom is -0.393 e. The summed E-state index contributed by atoms with van der Waals surface area (Å²) in [4.78, 5) is 22.6. The maximum absolute atomic E-state index is 12.7. The Morgan fingerprint density at radius 3 is 1.79 bits per heavy atom. The summed E-state index contributed by atoms with van der Waals surface area (Å²) in [6.45, 7) is 3.85. The molecule has 0 rings (SSSR count). The molecule has 1 amide bonds. The van der Waals surface area contributed by atoms with Crippen molar-refractivity contribution in [1.29, 1.82) is 0 Å². The molecule has 0 saturated heterocycles. The summed E-state index contributed by atoms with van der Waals surface area (Å²) in [6, 6.07) is -1.01. The number of aliphatic hydroxyl groups is 2. The van der Waals surface area contributed by atoms with Crippen LogP contribution in [0.5, 0.6) is 0 Å². The first-order valence-electron chi connectivity index (χ1n) is 18.3. The van der Waals surface area contributed by atoms with Crippen molar-refractivity contribution >= 4 is 13.7 Å².